The van der Waals surface area contributed by atoms with Crippen LogP contribution in [-0.4, -0.2) is 25.3 Å². The second-order valence-electron chi connectivity index (χ2n) is 3.76. The predicted molar refractivity (Wildman–Crippen MR) is 39.9 cm³/mol. The van der Waals surface area contributed by atoms with Crippen LogP contribution in [0.1, 0.15) is 13.8 Å². The van der Waals surface area contributed by atoms with Crippen LogP contribution in [0.3, 0.4) is 0 Å². The number of ether oxygens (including phenoxy) is 1. The van der Waals surface area contributed by atoms with Crippen LogP contribution in [0.4, 0.5) is 0 Å². The summed E-state index contributed by atoms with van der Waals surface area (Å²) in [4.78, 5) is 0. The zero-order valence-electron chi connectivity index (χ0n) is 6.63. The molecule has 0 aromatic heterocycles. The molecule has 2 aliphatic rings. The van der Waals surface area contributed by atoms with Gasteiger partial charge in [0.05, 0.1) is 13.2 Å². The Kier molecular flexibility index (Phi) is 1.46. The molecule has 2 aliphatic heterocycles. The van der Waals surface area contributed by atoms with Crippen LogP contribution in [0.5, 0.6) is 0 Å². The molecule has 0 aromatic carbocycles. The first-order chi connectivity index (χ1) is 4.79. The van der Waals surface area contributed by atoms with E-state index in [0.29, 0.717) is 0 Å². The van der Waals surface area contributed by atoms with Crippen LogP contribution in [0, 0.1) is 11.8 Å². The minimum Gasteiger partial charge on any atom is -0.381 e. The molecule has 0 bridgehead atoms. The minimum atomic E-state index is 0.786. The van der Waals surface area contributed by atoms with Gasteiger partial charge in [-0.1, -0.05) is 13.8 Å². The standard InChI is InChI=1S/C8H15NO/c1-5(2)7-8(9-7)6-3-10-4-6/h5-9H,3-4H2,1-2H3/t7-,8+/m0/s1. The predicted octanol–water partition coefficient (Wildman–Crippen LogP) is 0.629. The summed E-state index contributed by atoms with van der Waals surface area (Å²) in [7, 11) is 0. The van der Waals surface area contributed by atoms with Crippen LogP contribution in [-0.2, 0) is 4.74 Å². The molecule has 2 atom stereocenters. The molecule has 2 heterocycles. The monoisotopic (exact) mass is 141 g/mol. The van der Waals surface area contributed by atoms with E-state index < -0.39 is 0 Å². The van der Waals surface area contributed by atoms with E-state index in [0.717, 1.165) is 37.1 Å². The summed E-state index contributed by atoms with van der Waals surface area (Å²) in [5, 5.41) is 3.49. The third-order valence-corrected chi connectivity index (χ3v) is 2.55. The molecule has 2 nitrogen and oxygen atoms in total. The van der Waals surface area contributed by atoms with Gasteiger partial charge in [-0.05, 0) is 5.92 Å². The summed E-state index contributed by atoms with van der Waals surface area (Å²) in [5.41, 5.74) is 0. The highest BCUT2D eigenvalue weighted by Gasteiger charge is 2.46. The first-order valence-electron chi connectivity index (χ1n) is 4.13. The van der Waals surface area contributed by atoms with Gasteiger partial charge in [-0.25, -0.2) is 0 Å². The second-order valence-corrected chi connectivity index (χ2v) is 3.76. The molecule has 0 radical (unpaired) electrons. The van der Waals surface area contributed by atoms with Crippen LogP contribution in [0.25, 0.3) is 0 Å². The second kappa shape index (κ2) is 2.21. The largest absolute Gasteiger partial charge is 0.381 e. The molecule has 2 heteroatoms. The van der Waals surface area contributed by atoms with E-state index in [1.807, 2.05) is 0 Å². The molecule has 0 amide bonds. The molecule has 2 saturated heterocycles. The highest BCUT2D eigenvalue weighted by Crippen LogP contribution is 2.30. The first-order valence-corrected chi connectivity index (χ1v) is 4.13. The molecular formula is C8H15NO. The number of rotatable bonds is 2. The Morgan fingerprint density at radius 1 is 1.40 bits per heavy atom. The quantitative estimate of drug-likeness (QED) is 0.572. The van der Waals surface area contributed by atoms with Crippen molar-refractivity contribution in [2.45, 2.75) is 25.9 Å². The van der Waals surface area contributed by atoms with Crippen LogP contribution in [0.15, 0.2) is 0 Å². The fourth-order valence-electron chi connectivity index (χ4n) is 1.66. The van der Waals surface area contributed by atoms with Crippen LogP contribution >= 0.6 is 0 Å². The Labute approximate surface area is 61.9 Å². The highest BCUT2D eigenvalue weighted by atomic mass is 16.5. The molecule has 0 aliphatic carbocycles. The van der Waals surface area contributed by atoms with Crippen molar-refractivity contribution in [1.29, 1.82) is 0 Å². The van der Waals surface area contributed by atoms with Crippen molar-refractivity contribution in [3.05, 3.63) is 0 Å². The topological polar surface area (TPSA) is 31.2 Å². The van der Waals surface area contributed by atoms with Crippen molar-refractivity contribution in [2.75, 3.05) is 13.2 Å². The van der Waals surface area contributed by atoms with Crippen molar-refractivity contribution >= 4 is 0 Å². The molecule has 1 N–H and O–H groups in total. The summed E-state index contributed by atoms with van der Waals surface area (Å²) in [5.74, 6) is 1.62. The van der Waals surface area contributed by atoms with Gasteiger partial charge < -0.3 is 10.1 Å². The van der Waals surface area contributed by atoms with E-state index in [-0.39, 0.29) is 0 Å². The highest BCUT2D eigenvalue weighted by molar-refractivity contribution is 5.05. The lowest BCUT2D eigenvalue weighted by Crippen LogP contribution is -2.34. The Morgan fingerprint density at radius 2 is 2.10 bits per heavy atom. The van der Waals surface area contributed by atoms with E-state index in [2.05, 4.69) is 19.2 Å². The van der Waals surface area contributed by atoms with Gasteiger partial charge in [-0.3, -0.25) is 0 Å². The summed E-state index contributed by atoms with van der Waals surface area (Å²) >= 11 is 0. The zero-order valence-corrected chi connectivity index (χ0v) is 6.63. The molecular weight excluding hydrogens is 126 g/mol. The van der Waals surface area contributed by atoms with Gasteiger partial charge >= 0.3 is 0 Å². The third-order valence-electron chi connectivity index (χ3n) is 2.55. The zero-order chi connectivity index (χ0) is 7.14. The Morgan fingerprint density at radius 3 is 2.40 bits per heavy atom. The Bertz CT molecular complexity index is 131. The molecule has 10 heavy (non-hydrogen) atoms. The van der Waals surface area contributed by atoms with Gasteiger partial charge in [0.2, 0.25) is 0 Å². The number of hydrogen-bond acceptors (Lipinski definition) is 2. The molecule has 0 saturated carbocycles. The minimum absolute atomic E-state index is 0.786. The maximum absolute atomic E-state index is 5.12. The van der Waals surface area contributed by atoms with E-state index in [4.69, 9.17) is 4.74 Å². The average molecular weight is 141 g/mol. The lowest BCUT2D eigenvalue weighted by Gasteiger charge is -2.25. The summed E-state index contributed by atoms with van der Waals surface area (Å²) in [6.07, 6.45) is 0. The van der Waals surface area contributed by atoms with Crippen molar-refractivity contribution in [3.63, 3.8) is 0 Å². The van der Waals surface area contributed by atoms with E-state index in [1.165, 1.54) is 0 Å². The van der Waals surface area contributed by atoms with Gasteiger partial charge in [-0.2, -0.15) is 0 Å². The summed E-state index contributed by atoms with van der Waals surface area (Å²) in [6, 6.07) is 1.57. The molecule has 58 valence electrons. The molecule has 0 aromatic rings. The van der Waals surface area contributed by atoms with Crippen molar-refractivity contribution in [2.24, 2.45) is 11.8 Å². The van der Waals surface area contributed by atoms with Crippen LogP contribution in [0.2, 0.25) is 0 Å². The number of nitrogens with one attached hydrogen (secondary N) is 1. The fourth-order valence-corrected chi connectivity index (χ4v) is 1.66. The van der Waals surface area contributed by atoms with E-state index in [1.54, 1.807) is 0 Å². The van der Waals surface area contributed by atoms with Crippen molar-refractivity contribution in [1.82, 2.24) is 5.32 Å². The lowest BCUT2D eigenvalue weighted by molar-refractivity contribution is -0.0333. The summed E-state index contributed by atoms with van der Waals surface area (Å²) < 4.78 is 5.12. The van der Waals surface area contributed by atoms with Crippen molar-refractivity contribution in [3.8, 4) is 0 Å². The number of hydrogen-bond donors (Lipinski definition) is 1. The SMILES string of the molecule is CC(C)[C@@H]1N[C@@H]1C1COC1. The van der Waals surface area contributed by atoms with E-state index in [9.17, 15) is 0 Å². The smallest absolute Gasteiger partial charge is 0.0532 e. The fraction of sp³-hybridized carbons (Fsp3) is 1.00. The average Bonchev–Trinajstić information content (AvgIpc) is 2.40. The maximum atomic E-state index is 5.12. The van der Waals surface area contributed by atoms with Gasteiger partial charge in [-0.15, -0.1) is 0 Å². The first kappa shape index (κ1) is 6.62. The summed E-state index contributed by atoms with van der Waals surface area (Å²) in [6.45, 7) is 6.52. The Hall–Kier alpha value is -0.0800. The van der Waals surface area contributed by atoms with Crippen molar-refractivity contribution < 1.29 is 4.74 Å². The van der Waals surface area contributed by atoms with Gasteiger partial charge in [0.25, 0.3) is 0 Å². The molecule has 2 fully saturated rings. The molecule has 2 rings (SSSR count). The normalized spacial score (nSPS) is 39.9. The van der Waals surface area contributed by atoms with E-state index >= 15 is 0 Å². The third kappa shape index (κ3) is 0.956. The lowest BCUT2D eigenvalue weighted by atomic mass is 9.97. The van der Waals surface area contributed by atoms with Gasteiger partial charge in [0.15, 0.2) is 0 Å². The van der Waals surface area contributed by atoms with Gasteiger partial charge in [0, 0.05) is 18.0 Å². The molecule has 0 unspecified atom stereocenters. The van der Waals surface area contributed by atoms with Gasteiger partial charge in [0.1, 0.15) is 0 Å². The van der Waals surface area contributed by atoms with Crippen LogP contribution < -0.4 is 5.32 Å². The Balaban J connectivity index is 1.78. The maximum Gasteiger partial charge on any atom is 0.0532 e. The molecule has 0 spiro atoms.